The molecule has 0 aliphatic rings. The Morgan fingerprint density at radius 1 is 1.22 bits per heavy atom. The van der Waals surface area contributed by atoms with Crippen molar-refractivity contribution in [3.8, 4) is 0 Å². The third kappa shape index (κ3) is 5.88. The lowest BCUT2D eigenvalue weighted by molar-refractivity contribution is -0.141. The molecule has 3 aromatic rings. The van der Waals surface area contributed by atoms with Gasteiger partial charge in [0, 0.05) is 6.07 Å². The molecule has 0 aliphatic heterocycles. The number of hydrogen-bond donors (Lipinski definition) is 1. The molecule has 2 amide bonds. The van der Waals surface area contributed by atoms with Crippen LogP contribution in [0.4, 0.5) is 5.82 Å². The zero-order valence-corrected chi connectivity index (χ0v) is 19.1. The van der Waals surface area contributed by atoms with E-state index in [0.29, 0.717) is 11.3 Å². The Kier molecular flexibility index (Phi) is 6.89. The van der Waals surface area contributed by atoms with Crippen LogP contribution in [-0.2, 0) is 35.5 Å². The molecule has 2 aromatic heterocycles. The number of thiazole rings is 1. The predicted octanol–water partition coefficient (Wildman–Crippen LogP) is 0.961. The van der Waals surface area contributed by atoms with Crippen LogP contribution < -0.4 is 10.1 Å². The number of sulfone groups is 1. The summed E-state index contributed by atoms with van der Waals surface area (Å²) in [7, 11) is -2.86. The minimum atomic E-state index is -4.10. The summed E-state index contributed by atoms with van der Waals surface area (Å²) in [4.78, 5) is 40.2. The third-order valence-corrected chi connectivity index (χ3v) is 6.59. The van der Waals surface area contributed by atoms with Crippen molar-refractivity contribution < 1.29 is 32.1 Å². The number of aromatic nitrogens is 2. The maximum atomic E-state index is 12.4. The minimum Gasteiger partial charge on any atom is -0.468 e. The van der Waals surface area contributed by atoms with Gasteiger partial charge >= 0.3 is 5.97 Å². The molecule has 0 spiro atoms. The van der Waals surface area contributed by atoms with Gasteiger partial charge in [-0.15, -0.1) is 0 Å². The molecular weight excluding hydrogens is 460 g/mol. The number of carbonyl (C=O) groups is 3. The Bertz CT molecular complexity index is 1370. The van der Waals surface area contributed by atoms with Gasteiger partial charge in [0.05, 0.1) is 17.3 Å². The SMILES string of the molecule is COC(=O)Cn1c(=NC(=O)CS(=O)(=O)CC(=O)Nc2cc(C)on2)sc2cc(C)ccc21. The average molecular weight is 481 g/mol. The summed E-state index contributed by atoms with van der Waals surface area (Å²) >= 11 is 1.14. The van der Waals surface area contributed by atoms with E-state index in [2.05, 4.69) is 15.5 Å². The molecule has 32 heavy (non-hydrogen) atoms. The first kappa shape index (κ1) is 23.3. The van der Waals surface area contributed by atoms with Gasteiger partial charge in [0.25, 0.3) is 5.91 Å². The van der Waals surface area contributed by atoms with E-state index in [1.807, 2.05) is 19.1 Å². The number of nitrogens with zero attached hydrogens (tertiary/aromatic N) is 3. The average Bonchev–Trinajstić information content (AvgIpc) is 3.23. The molecule has 0 bridgehead atoms. The number of aryl methyl sites for hydroxylation is 2. The van der Waals surface area contributed by atoms with Crippen LogP contribution >= 0.6 is 11.3 Å². The van der Waals surface area contributed by atoms with E-state index in [0.717, 1.165) is 21.6 Å². The van der Waals surface area contributed by atoms with Crippen LogP contribution in [0.15, 0.2) is 33.8 Å². The molecule has 11 nitrogen and oxygen atoms in total. The van der Waals surface area contributed by atoms with Gasteiger partial charge < -0.3 is 19.1 Å². The maximum absolute atomic E-state index is 12.4. The second-order valence-corrected chi connectivity index (χ2v) is 10.0. The van der Waals surface area contributed by atoms with Gasteiger partial charge in [-0.2, -0.15) is 4.99 Å². The van der Waals surface area contributed by atoms with Crippen molar-refractivity contribution in [2.24, 2.45) is 4.99 Å². The molecule has 0 aliphatic carbocycles. The molecule has 0 radical (unpaired) electrons. The quantitative estimate of drug-likeness (QED) is 0.491. The van der Waals surface area contributed by atoms with Crippen LogP contribution in [0.1, 0.15) is 11.3 Å². The number of esters is 1. The summed E-state index contributed by atoms with van der Waals surface area (Å²) < 4.78 is 36.3. The number of ether oxygens (including phenoxy) is 1. The summed E-state index contributed by atoms with van der Waals surface area (Å²) in [5, 5.41) is 5.83. The summed E-state index contributed by atoms with van der Waals surface area (Å²) in [6.07, 6.45) is 0. The van der Waals surface area contributed by atoms with Crippen molar-refractivity contribution in [2.45, 2.75) is 20.4 Å². The second-order valence-electron chi connectivity index (χ2n) is 6.93. The van der Waals surface area contributed by atoms with Gasteiger partial charge in [-0.05, 0) is 31.5 Å². The van der Waals surface area contributed by atoms with Gasteiger partial charge in [-0.3, -0.25) is 14.4 Å². The van der Waals surface area contributed by atoms with Crippen molar-refractivity contribution >= 4 is 55.0 Å². The highest BCUT2D eigenvalue weighted by molar-refractivity contribution is 7.92. The zero-order valence-electron chi connectivity index (χ0n) is 17.4. The van der Waals surface area contributed by atoms with Gasteiger partial charge in [0.1, 0.15) is 23.8 Å². The van der Waals surface area contributed by atoms with Crippen LogP contribution in [0.3, 0.4) is 0 Å². The fraction of sp³-hybridized carbons (Fsp3) is 0.316. The smallest absolute Gasteiger partial charge is 0.325 e. The lowest BCUT2D eigenvalue weighted by atomic mass is 10.2. The Balaban J connectivity index is 1.81. The summed E-state index contributed by atoms with van der Waals surface area (Å²) in [6.45, 7) is 3.31. The van der Waals surface area contributed by atoms with E-state index in [9.17, 15) is 22.8 Å². The number of nitrogens with one attached hydrogen (secondary N) is 1. The molecule has 0 atom stereocenters. The normalized spacial score (nSPS) is 12.2. The Hall–Kier alpha value is -3.32. The first-order valence-electron chi connectivity index (χ1n) is 9.24. The number of fused-ring (bicyclic) bond motifs is 1. The topological polar surface area (TPSA) is 150 Å². The summed E-state index contributed by atoms with van der Waals surface area (Å²) in [5.41, 5.74) is 1.63. The molecule has 2 heterocycles. The Morgan fingerprint density at radius 2 is 1.97 bits per heavy atom. The highest BCUT2D eigenvalue weighted by Gasteiger charge is 2.22. The maximum Gasteiger partial charge on any atom is 0.325 e. The van der Waals surface area contributed by atoms with E-state index < -0.39 is 39.1 Å². The molecule has 0 saturated heterocycles. The van der Waals surface area contributed by atoms with E-state index in [4.69, 9.17) is 9.26 Å². The summed E-state index contributed by atoms with van der Waals surface area (Å²) in [6, 6.07) is 6.91. The molecule has 13 heteroatoms. The van der Waals surface area contributed by atoms with E-state index in [1.54, 1.807) is 13.0 Å². The summed E-state index contributed by atoms with van der Waals surface area (Å²) in [5.74, 6) is -3.75. The minimum absolute atomic E-state index is 0.0723. The highest BCUT2D eigenvalue weighted by atomic mass is 32.2. The van der Waals surface area contributed by atoms with E-state index in [-0.39, 0.29) is 17.2 Å². The second kappa shape index (κ2) is 9.44. The molecule has 0 unspecified atom stereocenters. The van der Waals surface area contributed by atoms with Crippen molar-refractivity contribution in [2.75, 3.05) is 23.9 Å². The standard InChI is InChI=1S/C19H20N4O7S2/c1-11-4-5-13-14(6-11)31-19(23(13)8-18(26)29-3)21-17(25)10-32(27,28)9-16(24)20-15-7-12(2)30-22-15/h4-7H,8-10H2,1-3H3,(H,20,22,24). The molecule has 3 rings (SSSR count). The molecule has 1 N–H and O–H groups in total. The molecule has 170 valence electrons. The molecular formula is C19H20N4O7S2. The lowest BCUT2D eigenvalue weighted by Crippen LogP contribution is -2.28. The fourth-order valence-electron chi connectivity index (χ4n) is 2.79. The van der Waals surface area contributed by atoms with Crippen molar-refractivity contribution in [3.63, 3.8) is 0 Å². The number of anilines is 1. The molecule has 0 saturated carbocycles. The van der Waals surface area contributed by atoms with Gasteiger partial charge in [-0.1, -0.05) is 22.6 Å². The molecule has 0 fully saturated rings. The van der Waals surface area contributed by atoms with Crippen molar-refractivity contribution in [3.05, 3.63) is 40.4 Å². The van der Waals surface area contributed by atoms with E-state index >= 15 is 0 Å². The monoisotopic (exact) mass is 480 g/mol. The number of benzene rings is 1. The predicted molar refractivity (Wildman–Crippen MR) is 116 cm³/mol. The number of hydrogen-bond acceptors (Lipinski definition) is 9. The lowest BCUT2D eigenvalue weighted by Gasteiger charge is -2.04. The van der Waals surface area contributed by atoms with Crippen molar-refractivity contribution in [1.29, 1.82) is 0 Å². The number of rotatable bonds is 7. The Labute approximate surface area is 186 Å². The van der Waals surface area contributed by atoms with Crippen LogP contribution in [0, 0.1) is 13.8 Å². The fourth-order valence-corrected chi connectivity index (χ4v) is 4.95. The molecule has 1 aromatic carbocycles. The van der Waals surface area contributed by atoms with Crippen LogP contribution in [0.2, 0.25) is 0 Å². The van der Waals surface area contributed by atoms with Crippen LogP contribution in [0.5, 0.6) is 0 Å². The zero-order chi connectivity index (χ0) is 23.5. The van der Waals surface area contributed by atoms with Gasteiger partial charge in [0.2, 0.25) is 5.91 Å². The van der Waals surface area contributed by atoms with E-state index in [1.165, 1.54) is 17.7 Å². The highest BCUT2D eigenvalue weighted by Crippen LogP contribution is 2.19. The van der Waals surface area contributed by atoms with Crippen LogP contribution in [-0.4, -0.2) is 54.5 Å². The first-order chi connectivity index (χ1) is 15.1. The number of methoxy groups -OCH3 is 1. The van der Waals surface area contributed by atoms with Crippen molar-refractivity contribution in [1.82, 2.24) is 9.72 Å². The Morgan fingerprint density at radius 3 is 2.62 bits per heavy atom. The number of amides is 2. The third-order valence-electron chi connectivity index (χ3n) is 4.16. The van der Waals surface area contributed by atoms with Crippen LogP contribution in [0.25, 0.3) is 10.2 Å². The van der Waals surface area contributed by atoms with Gasteiger partial charge in [-0.25, -0.2) is 8.42 Å². The number of carbonyl (C=O) groups excluding carboxylic acids is 3. The van der Waals surface area contributed by atoms with Gasteiger partial charge in [0.15, 0.2) is 20.5 Å². The first-order valence-corrected chi connectivity index (χ1v) is 11.9. The largest absolute Gasteiger partial charge is 0.468 e.